The third-order valence-electron chi connectivity index (χ3n) is 3.52. The molecular weight excluding hydrogens is 272 g/mol. The molecule has 0 aliphatic carbocycles. The van der Waals surface area contributed by atoms with Crippen LogP contribution in [0.2, 0.25) is 0 Å². The fraction of sp³-hybridized carbons (Fsp3) is 0.429. The predicted molar refractivity (Wildman–Crippen MR) is 75.1 cm³/mol. The molecule has 0 aromatic carbocycles. The Kier molecular flexibility index (Phi) is 4.52. The molecular formula is C14H18N4O3. The second kappa shape index (κ2) is 6.34. The van der Waals surface area contributed by atoms with Gasteiger partial charge in [-0.05, 0) is 31.9 Å². The zero-order valence-corrected chi connectivity index (χ0v) is 11.8. The van der Waals surface area contributed by atoms with E-state index in [1.807, 2.05) is 0 Å². The average molecular weight is 290 g/mol. The molecule has 0 radical (unpaired) electrons. The summed E-state index contributed by atoms with van der Waals surface area (Å²) in [6, 6.07) is 1.84. The third kappa shape index (κ3) is 3.36. The molecule has 3 N–H and O–H groups in total. The fourth-order valence-corrected chi connectivity index (χ4v) is 2.42. The van der Waals surface area contributed by atoms with Crippen LogP contribution < -0.4 is 11.1 Å². The molecule has 1 fully saturated rings. The number of carbonyl (C=O) groups is 3. The Hall–Kier alpha value is -2.44. The van der Waals surface area contributed by atoms with Gasteiger partial charge in [-0.1, -0.05) is 0 Å². The van der Waals surface area contributed by atoms with E-state index in [1.54, 1.807) is 19.1 Å². The molecule has 2 heterocycles. The van der Waals surface area contributed by atoms with Crippen molar-refractivity contribution >= 4 is 17.7 Å². The quantitative estimate of drug-likeness (QED) is 0.792. The van der Waals surface area contributed by atoms with Gasteiger partial charge in [0, 0.05) is 24.5 Å². The van der Waals surface area contributed by atoms with Gasteiger partial charge in [-0.3, -0.25) is 19.4 Å². The molecule has 2 atom stereocenters. The molecule has 2 rings (SSSR count). The van der Waals surface area contributed by atoms with Crippen molar-refractivity contribution in [3.05, 3.63) is 30.1 Å². The SMILES string of the molecule is C[C@@H](NC(=O)c1ccncc1)C(=O)N1CCC[C@H]1C(N)=O. The van der Waals surface area contributed by atoms with Crippen LogP contribution in [0.4, 0.5) is 0 Å². The van der Waals surface area contributed by atoms with E-state index in [-0.39, 0.29) is 11.8 Å². The molecule has 21 heavy (non-hydrogen) atoms. The van der Waals surface area contributed by atoms with Crippen LogP contribution >= 0.6 is 0 Å². The maximum Gasteiger partial charge on any atom is 0.252 e. The zero-order valence-electron chi connectivity index (χ0n) is 11.8. The lowest BCUT2D eigenvalue weighted by molar-refractivity contribution is -0.138. The number of nitrogens with one attached hydrogen (secondary N) is 1. The van der Waals surface area contributed by atoms with Crippen LogP contribution in [-0.2, 0) is 9.59 Å². The van der Waals surface area contributed by atoms with Crippen molar-refractivity contribution in [2.45, 2.75) is 31.8 Å². The van der Waals surface area contributed by atoms with Gasteiger partial charge in [0.2, 0.25) is 11.8 Å². The van der Waals surface area contributed by atoms with Crippen LogP contribution in [0.1, 0.15) is 30.1 Å². The molecule has 3 amide bonds. The number of aromatic nitrogens is 1. The summed E-state index contributed by atoms with van der Waals surface area (Å²) in [5.74, 6) is -1.15. The molecule has 1 aliphatic rings. The Bertz CT molecular complexity index is 546. The molecule has 0 saturated carbocycles. The molecule has 112 valence electrons. The first-order valence-electron chi connectivity index (χ1n) is 6.81. The highest BCUT2D eigenvalue weighted by Gasteiger charge is 2.35. The van der Waals surface area contributed by atoms with Crippen LogP contribution in [0.15, 0.2) is 24.5 Å². The fourth-order valence-electron chi connectivity index (χ4n) is 2.42. The van der Waals surface area contributed by atoms with E-state index in [4.69, 9.17) is 5.73 Å². The number of carbonyl (C=O) groups excluding carboxylic acids is 3. The maximum atomic E-state index is 12.3. The van der Waals surface area contributed by atoms with Crippen LogP contribution in [0, 0.1) is 0 Å². The van der Waals surface area contributed by atoms with Crippen LogP contribution in [0.3, 0.4) is 0 Å². The summed E-state index contributed by atoms with van der Waals surface area (Å²) in [6.45, 7) is 2.08. The standard InChI is InChI=1S/C14H18N4O3/c1-9(17-13(20)10-4-6-16-7-5-10)14(21)18-8-2-3-11(18)12(15)19/h4-7,9,11H,2-3,8H2,1H3,(H2,15,19)(H,17,20)/t9-,11+/m1/s1. The van der Waals surface area contributed by atoms with Gasteiger partial charge in [0.25, 0.3) is 5.91 Å². The van der Waals surface area contributed by atoms with E-state index < -0.39 is 18.0 Å². The molecule has 0 bridgehead atoms. The number of nitrogens with two attached hydrogens (primary N) is 1. The molecule has 7 nitrogen and oxygen atoms in total. The smallest absolute Gasteiger partial charge is 0.252 e. The first-order valence-corrected chi connectivity index (χ1v) is 6.81. The Morgan fingerprint density at radius 1 is 1.38 bits per heavy atom. The largest absolute Gasteiger partial charge is 0.368 e. The summed E-state index contributed by atoms with van der Waals surface area (Å²) in [5, 5.41) is 2.62. The zero-order chi connectivity index (χ0) is 15.4. The van der Waals surface area contributed by atoms with Gasteiger partial charge >= 0.3 is 0 Å². The van der Waals surface area contributed by atoms with Gasteiger partial charge in [-0.15, -0.1) is 0 Å². The summed E-state index contributed by atoms with van der Waals surface area (Å²) >= 11 is 0. The highest BCUT2D eigenvalue weighted by molar-refractivity contribution is 5.98. The van der Waals surface area contributed by atoms with Crippen molar-refractivity contribution in [2.75, 3.05) is 6.54 Å². The molecule has 0 unspecified atom stereocenters. The summed E-state index contributed by atoms with van der Waals surface area (Å²) in [6.07, 6.45) is 4.33. The molecule has 7 heteroatoms. The van der Waals surface area contributed by atoms with Crippen molar-refractivity contribution in [3.8, 4) is 0 Å². The van der Waals surface area contributed by atoms with E-state index in [2.05, 4.69) is 10.3 Å². The van der Waals surface area contributed by atoms with Crippen molar-refractivity contribution < 1.29 is 14.4 Å². The monoisotopic (exact) mass is 290 g/mol. The summed E-state index contributed by atoms with van der Waals surface area (Å²) in [4.78, 5) is 40.9. The Labute approximate surface area is 122 Å². The lowest BCUT2D eigenvalue weighted by atomic mass is 10.2. The highest BCUT2D eigenvalue weighted by Crippen LogP contribution is 2.18. The van der Waals surface area contributed by atoms with Crippen LogP contribution in [0.5, 0.6) is 0 Å². The number of likely N-dealkylation sites (tertiary alicyclic amines) is 1. The van der Waals surface area contributed by atoms with E-state index in [9.17, 15) is 14.4 Å². The first kappa shape index (κ1) is 15.0. The lowest BCUT2D eigenvalue weighted by Gasteiger charge is -2.25. The van der Waals surface area contributed by atoms with E-state index in [0.717, 1.165) is 6.42 Å². The molecule has 0 spiro atoms. The third-order valence-corrected chi connectivity index (χ3v) is 3.52. The van der Waals surface area contributed by atoms with Crippen LogP contribution in [0.25, 0.3) is 0 Å². The van der Waals surface area contributed by atoms with Gasteiger partial charge in [0.15, 0.2) is 0 Å². The minimum absolute atomic E-state index is 0.293. The minimum atomic E-state index is -0.717. The molecule has 1 aromatic rings. The molecule has 1 saturated heterocycles. The van der Waals surface area contributed by atoms with E-state index in [0.29, 0.717) is 18.5 Å². The van der Waals surface area contributed by atoms with Gasteiger partial charge in [0.05, 0.1) is 0 Å². The van der Waals surface area contributed by atoms with E-state index in [1.165, 1.54) is 17.3 Å². The topological polar surface area (TPSA) is 105 Å². The average Bonchev–Trinajstić information content (AvgIpc) is 2.96. The number of pyridine rings is 1. The van der Waals surface area contributed by atoms with Crippen LogP contribution in [-0.4, -0.2) is 46.2 Å². The second-order valence-corrected chi connectivity index (χ2v) is 5.02. The van der Waals surface area contributed by atoms with Crippen molar-refractivity contribution in [1.29, 1.82) is 0 Å². The normalized spacial score (nSPS) is 19.1. The number of rotatable bonds is 4. The van der Waals surface area contributed by atoms with E-state index >= 15 is 0 Å². The second-order valence-electron chi connectivity index (χ2n) is 5.02. The Morgan fingerprint density at radius 3 is 2.67 bits per heavy atom. The summed E-state index contributed by atoms with van der Waals surface area (Å²) < 4.78 is 0. The van der Waals surface area contributed by atoms with Gasteiger partial charge in [-0.2, -0.15) is 0 Å². The van der Waals surface area contributed by atoms with Crippen molar-refractivity contribution in [2.24, 2.45) is 5.73 Å². The first-order chi connectivity index (χ1) is 10.0. The predicted octanol–water partition coefficient (Wildman–Crippen LogP) is -0.324. The Morgan fingerprint density at radius 2 is 2.05 bits per heavy atom. The number of amides is 3. The van der Waals surface area contributed by atoms with Gasteiger partial charge < -0.3 is 16.0 Å². The number of hydrogen-bond acceptors (Lipinski definition) is 4. The van der Waals surface area contributed by atoms with Gasteiger partial charge in [0.1, 0.15) is 12.1 Å². The van der Waals surface area contributed by atoms with Crippen molar-refractivity contribution in [3.63, 3.8) is 0 Å². The molecule has 1 aromatic heterocycles. The van der Waals surface area contributed by atoms with Crippen molar-refractivity contribution in [1.82, 2.24) is 15.2 Å². The number of primary amides is 1. The highest BCUT2D eigenvalue weighted by atomic mass is 16.2. The number of nitrogens with zero attached hydrogens (tertiary/aromatic N) is 2. The maximum absolute atomic E-state index is 12.3. The lowest BCUT2D eigenvalue weighted by Crippen LogP contribution is -2.51. The number of hydrogen-bond donors (Lipinski definition) is 2. The summed E-state index contributed by atoms with van der Waals surface area (Å²) in [5.41, 5.74) is 5.72. The van der Waals surface area contributed by atoms with Gasteiger partial charge in [-0.25, -0.2) is 0 Å². The summed E-state index contributed by atoms with van der Waals surface area (Å²) in [7, 11) is 0. The molecule has 1 aliphatic heterocycles. The minimum Gasteiger partial charge on any atom is -0.368 e. The Balaban J connectivity index is 2.00.